The second kappa shape index (κ2) is 3.21. The first kappa shape index (κ1) is 5.90. The van der Waals surface area contributed by atoms with Crippen molar-refractivity contribution in [2.45, 2.75) is 0 Å². The molecule has 0 aliphatic rings. The SMILES string of the molecule is [2H]C([2H])([2H])Oc1cc2ccnc(F)c2cc1F. The molecule has 0 radical (unpaired) electrons. The monoisotopic (exact) mass is 198 g/mol. The first-order valence-electron chi connectivity index (χ1n) is 5.29. The van der Waals surface area contributed by atoms with Gasteiger partial charge in [0.1, 0.15) is 0 Å². The number of hydrogen-bond donors (Lipinski definition) is 0. The molecule has 2 nitrogen and oxygen atoms in total. The van der Waals surface area contributed by atoms with Gasteiger partial charge in [-0.1, -0.05) is 0 Å². The molecule has 0 aliphatic carbocycles. The van der Waals surface area contributed by atoms with Crippen molar-refractivity contribution in [1.82, 2.24) is 4.98 Å². The van der Waals surface area contributed by atoms with Crippen LogP contribution in [0.25, 0.3) is 10.8 Å². The second-order valence-electron chi connectivity index (χ2n) is 2.71. The number of nitrogens with zero attached hydrogens (tertiary/aromatic N) is 1. The van der Waals surface area contributed by atoms with E-state index >= 15 is 0 Å². The van der Waals surface area contributed by atoms with Gasteiger partial charge in [0.15, 0.2) is 11.6 Å². The van der Waals surface area contributed by atoms with Gasteiger partial charge >= 0.3 is 0 Å². The van der Waals surface area contributed by atoms with Crippen molar-refractivity contribution in [3.63, 3.8) is 0 Å². The normalized spacial score (nSPS) is 14.6. The minimum Gasteiger partial charge on any atom is -0.494 e. The van der Waals surface area contributed by atoms with Crippen molar-refractivity contribution in [2.24, 2.45) is 0 Å². The van der Waals surface area contributed by atoms with E-state index in [1.807, 2.05) is 0 Å². The summed E-state index contributed by atoms with van der Waals surface area (Å²) in [5, 5.41) is 0.293. The van der Waals surface area contributed by atoms with Gasteiger partial charge < -0.3 is 4.74 Å². The Morgan fingerprint density at radius 1 is 1.43 bits per heavy atom. The molecule has 1 heterocycles. The number of fused-ring (bicyclic) bond motifs is 1. The zero-order chi connectivity index (χ0) is 12.6. The van der Waals surface area contributed by atoms with Crippen LogP contribution in [0, 0.1) is 11.8 Å². The summed E-state index contributed by atoms with van der Waals surface area (Å²) in [4.78, 5) is 3.37. The number of hydrogen-bond acceptors (Lipinski definition) is 2. The maximum absolute atomic E-state index is 13.5. The van der Waals surface area contributed by atoms with E-state index in [0.717, 1.165) is 12.1 Å². The van der Waals surface area contributed by atoms with Crippen molar-refractivity contribution < 1.29 is 17.6 Å². The van der Waals surface area contributed by atoms with Gasteiger partial charge in [-0.2, -0.15) is 4.39 Å². The third kappa shape index (κ3) is 1.28. The maximum atomic E-state index is 13.5. The summed E-state index contributed by atoms with van der Waals surface area (Å²) >= 11 is 0. The first-order chi connectivity index (χ1) is 7.87. The molecule has 0 saturated heterocycles. The van der Waals surface area contributed by atoms with E-state index in [4.69, 9.17) is 4.11 Å². The van der Waals surface area contributed by atoms with E-state index in [2.05, 4.69) is 9.72 Å². The van der Waals surface area contributed by atoms with Crippen LogP contribution in [0.15, 0.2) is 24.4 Å². The highest BCUT2D eigenvalue weighted by molar-refractivity contribution is 5.83. The third-order valence-corrected chi connectivity index (χ3v) is 1.88. The molecule has 14 heavy (non-hydrogen) atoms. The highest BCUT2D eigenvalue weighted by atomic mass is 19.1. The molecule has 2 aromatic rings. The van der Waals surface area contributed by atoms with Gasteiger partial charge in [0.2, 0.25) is 5.95 Å². The molecular formula is C10H7F2NO. The Bertz CT molecular complexity index is 571. The molecular weight excluding hydrogens is 188 g/mol. The predicted molar refractivity (Wildman–Crippen MR) is 48.2 cm³/mol. The summed E-state index contributed by atoms with van der Waals surface area (Å²) in [5.41, 5.74) is 0. The zero-order valence-corrected chi connectivity index (χ0v) is 6.92. The minimum absolute atomic E-state index is 0.0251. The van der Waals surface area contributed by atoms with Gasteiger partial charge in [-0.05, 0) is 23.6 Å². The lowest BCUT2D eigenvalue weighted by molar-refractivity contribution is 0.387. The average Bonchev–Trinajstić information content (AvgIpc) is 2.19. The van der Waals surface area contributed by atoms with E-state index in [1.165, 1.54) is 12.3 Å². The molecule has 2 rings (SSSR count). The number of pyridine rings is 1. The summed E-state index contributed by atoms with van der Waals surface area (Å²) < 4.78 is 51.8. The van der Waals surface area contributed by atoms with Crippen LogP contribution in [-0.4, -0.2) is 12.0 Å². The van der Waals surface area contributed by atoms with E-state index in [0.29, 0.717) is 5.39 Å². The zero-order valence-electron chi connectivity index (χ0n) is 9.92. The van der Waals surface area contributed by atoms with Gasteiger partial charge in [0, 0.05) is 11.6 Å². The number of methoxy groups -OCH3 is 1. The standard InChI is InChI=1S/C10H7F2NO/c1-14-9-4-6-2-3-13-10(12)7(6)5-8(9)11/h2-5H,1H3/i1D3. The summed E-state index contributed by atoms with van der Waals surface area (Å²) in [6.07, 6.45) is 1.20. The molecule has 0 spiro atoms. The molecule has 0 atom stereocenters. The molecule has 4 heteroatoms. The molecule has 0 amide bonds. The summed E-state index contributed by atoms with van der Waals surface area (Å²) in [6.45, 7) is 0. The molecule has 72 valence electrons. The second-order valence-corrected chi connectivity index (χ2v) is 2.71. The Morgan fingerprint density at radius 2 is 2.29 bits per heavy atom. The van der Waals surface area contributed by atoms with Crippen LogP contribution in [0.2, 0.25) is 0 Å². The number of aromatic nitrogens is 1. The highest BCUT2D eigenvalue weighted by Crippen LogP contribution is 2.25. The number of ether oxygens (including phenoxy) is 1. The van der Waals surface area contributed by atoms with Crippen LogP contribution in [-0.2, 0) is 0 Å². The Morgan fingerprint density at radius 3 is 3.07 bits per heavy atom. The molecule has 0 fully saturated rings. The lowest BCUT2D eigenvalue weighted by Crippen LogP contribution is -1.90. The van der Waals surface area contributed by atoms with Crippen LogP contribution in [0.5, 0.6) is 5.75 Å². The number of halogens is 2. The highest BCUT2D eigenvalue weighted by Gasteiger charge is 2.07. The quantitative estimate of drug-likeness (QED) is 0.657. The minimum atomic E-state index is -2.75. The van der Waals surface area contributed by atoms with Gasteiger partial charge in [-0.25, -0.2) is 9.37 Å². The van der Waals surface area contributed by atoms with Crippen molar-refractivity contribution in [2.75, 3.05) is 7.04 Å². The molecule has 0 aliphatic heterocycles. The fraction of sp³-hybridized carbons (Fsp3) is 0.100. The summed E-state index contributed by atoms with van der Waals surface area (Å²) in [5.74, 6) is -2.20. The number of benzene rings is 1. The third-order valence-electron chi connectivity index (χ3n) is 1.88. The molecule has 0 unspecified atom stereocenters. The Labute approximate surface area is 83.4 Å². The van der Waals surface area contributed by atoms with Gasteiger partial charge in [0.25, 0.3) is 0 Å². The van der Waals surface area contributed by atoms with Crippen LogP contribution >= 0.6 is 0 Å². The van der Waals surface area contributed by atoms with Crippen LogP contribution in [0.4, 0.5) is 8.78 Å². The molecule has 1 aromatic carbocycles. The van der Waals surface area contributed by atoms with Crippen LogP contribution in [0.3, 0.4) is 0 Å². The van der Waals surface area contributed by atoms with Crippen molar-refractivity contribution in [1.29, 1.82) is 0 Å². The van der Waals surface area contributed by atoms with Crippen molar-refractivity contribution >= 4 is 10.8 Å². The maximum Gasteiger partial charge on any atom is 0.220 e. The van der Waals surface area contributed by atoms with E-state index < -0.39 is 24.6 Å². The van der Waals surface area contributed by atoms with E-state index in [9.17, 15) is 8.78 Å². The van der Waals surface area contributed by atoms with E-state index in [1.54, 1.807) is 0 Å². The largest absolute Gasteiger partial charge is 0.494 e. The number of rotatable bonds is 1. The van der Waals surface area contributed by atoms with Crippen LogP contribution < -0.4 is 4.74 Å². The van der Waals surface area contributed by atoms with Crippen LogP contribution in [0.1, 0.15) is 4.11 Å². The van der Waals surface area contributed by atoms with Gasteiger partial charge in [0.05, 0.1) is 11.2 Å². The molecule has 0 bridgehead atoms. The first-order valence-corrected chi connectivity index (χ1v) is 3.79. The smallest absolute Gasteiger partial charge is 0.220 e. The van der Waals surface area contributed by atoms with Gasteiger partial charge in [-0.15, -0.1) is 0 Å². The lowest BCUT2D eigenvalue weighted by atomic mass is 10.1. The molecule has 1 aromatic heterocycles. The van der Waals surface area contributed by atoms with E-state index in [-0.39, 0.29) is 5.39 Å². The van der Waals surface area contributed by atoms with Crippen molar-refractivity contribution in [3.8, 4) is 5.75 Å². The summed E-state index contributed by atoms with van der Waals surface area (Å²) in [7, 11) is -2.75. The molecule has 0 N–H and O–H groups in total. The van der Waals surface area contributed by atoms with Gasteiger partial charge in [-0.3, -0.25) is 0 Å². The topological polar surface area (TPSA) is 22.1 Å². The van der Waals surface area contributed by atoms with Crippen molar-refractivity contribution in [3.05, 3.63) is 36.2 Å². The Hall–Kier alpha value is -1.71. The Balaban J connectivity index is 2.56. The molecule has 0 saturated carbocycles. The fourth-order valence-electron chi connectivity index (χ4n) is 1.22. The summed E-state index contributed by atoms with van der Waals surface area (Å²) in [6, 6.07) is 3.42. The fourth-order valence-corrected chi connectivity index (χ4v) is 1.22. The Kier molecular flexibility index (Phi) is 1.35. The average molecular weight is 198 g/mol. The lowest BCUT2D eigenvalue weighted by Gasteiger charge is -2.04. The predicted octanol–water partition coefficient (Wildman–Crippen LogP) is 2.52.